The van der Waals surface area contributed by atoms with Crippen LogP contribution in [0.2, 0.25) is 0 Å². The number of nitrogens with two attached hydrogens (primary N) is 1. The van der Waals surface area contributed by atoms with Crippen LogP contribution in [-0.4, -0.2) is 20.9 Å². The molecule has 17 heavy (non-hydrogen) atoms. The maximum Gasteiger partial charge on any atom is 0.154 e. The van der Waals surface area contributed by atoms with E-state index in [1.807, 2.05) is 0 Å². The van der Waals surface area contributed by atoms with Gasteiger partial charge in [0.1, 0.15) is 12.0 Å². The largest absolute Gasteiger partial charge is 0.321 e. The zero-order valence-electron chi connectivity index (χ0n) is 9.98. The summed E-state index contributed by atoms with van der Waals surface area (Å²) in [6.45, 7) is 0.322. The van der Waals surface area contributed by atoms with E-state index in [9.17, 15) is 4.39 Å². The van der Waals surface area contributed by atoms with Crippen molar-refractivity contribution in [2.75, 3.05) is 0 Å². The highest BCUT2D eigenvalue weighted by Gasteiger charge is 2.29. The van der Waals surface area contributed by atoms with Crippen LogP contribution in [0, 0.1) is 0 Å². The summed E-state index contributed by atoms with van der Waals surface area (Å²) in [5.74, 6) is 2.14. The fraction of sp³-hybridized carbons (Fsp3) is 0.833. The lowest BCUT2D eigenvalue weighted by atomic mass is 9.89. The Labute approximate surface area is 100 Å². The lowest BCUT2D eigenvalue weighted by Crippen LogP contribution is -2.30. The van der Waals surface area contributed by atoms with Crippen molar-refractivity contribution in [2.24, 2.45) is 5.73 Å². The highest BCUT2D eigenvalue weighted by molar-refractivity contribution is 5.06. The average molecular weight is 238 g/mol. The fourth-order valence-electron chi connectivity index (χ4n) is 2.96. The van der Waals surface area contributed by atoms with Gasteiger partial charge in [0.25, 0.3) is 0 Å². The van der Waals surface area contributed by atoms with Crippen molar-refractivity contribution in [1.82, 2.24) is 14.8 Å². The molecule has 0 radical (unpaired) electrons. The molecule has 1 aliphatic heterocycles. The summed E-state index contributed by atoms with van der Waals surface area (Å²) in [6.07, 6.45) is 5.66. The minimum Gasteiger partial charge on any atom is -0.321 e. The first kappa shape index (κ1) is 11.1. The molecule has 1 aliphatic carbocycles. The van der Waals surface area contributed by atoms with Gasteiger partial charge in [-0.15, -0.1) is 0 Å². The minimum absolute atomic E-state index is 0.288. The topological polar surface area (TPSA) is 56.7 Å². The molecule has 4 nitrogen and oxygen atoms in total. The Hall–Kier alpha value is -0.970. The first-order valence-electron chi connectivity index (χ1n) is 6.58. The van der Waals surface area contributed by atoms with Crippen molar-refractivity contribution >= 4 is 0 Å². The molecule has 1 aromatic heterocycles. The molecule has 2 N–H and O–H groups in total. The van der Waals surface area contributed by atoms with Gasteiger partial charge in [-0.3, -0.25) is 0 Å². The lowest BCUT2D eigenvalue weighted by Gasteiger charge is -2.21. The highest BCUT2D eigenvalue weighted by Crippen LogP contribution is 2.32. The van der Waals surface area contributed by atoms with Crippen molar-refractivity contribution in [2.45, 2.75) is 63.2 Å². The molecule has 5 heteroatoms. The summed E-state index contributed by atoms with van der Waals surface area (Å²) >= 11 is 0. The van der Waals surface area contributed by atoms with Gasteiger partial charge in [0.05, 0.1) is 12.6 Å². The predicted molar refractivity (Wildman–Crippen MR) is 62.3 cm³/mol. The second kappa shape index (κ2) is 4.37. The van der Waals surface area contributed by atoms with Gasteiger partial charge in [-0.1, -0.05) is 19.3 Å². The highest BCUT2D eigenvalue weighted by atomic mass is 19.1. The molecule has 1 saturated carbocycles. The zero-order valence-corrected chi connectivity index (χ0v) is 9.98. The van der Waals surface area contributed by atoms with E-state index >= 15 is 0 Å². The van der Waals surface area contributed by atoms with Gasteiger partial charge >= 0.3 is 0 Å². The van der Waals surface area contributed by atoms with E-state index in [4.69, 9.17) is 5.73 Å². The fourth-order valence-corrected chi connectivity index (χ4v) is 2.96. The van der Waals surface area contributed by atoms with Gasteiger partial charge in [-0.25, -0.2) is 14.1 Å². The SMILES string of the molecule is NC1CC(F)Cn2nc(C3CCCCC3)nc21. The van der Waals surface area contributed by atoms with E-state index in [1.165, 1.54) is 19.3 Å². The second-order valence-corrected chi connectivity index (χ2v) is 5.28. The molecule has 0 bridgehead atoms. The number of aromatic nitrogens is 3. The molecule has 2 unspecified atom stereocenters. The number of nitrogens with zero attached hydrogens (tertiary/aromatic N) is 3. The van der Waals surface area contributed by atoms with E-state index in [1.54, 1.807) is 4.68 Å². The summed E-state index contributed by atoms with van der Waals surface area (Å²) in [5, 5.41) is 4.46. The molecule has 94 valence electrons. The maximum absolute atomic E-state index is 13.4. The third kappa shape index (κ3) is 2.08. The Kier molecular flexibility index (Phi) is 2.86. The molecule has 0 spiro atoms. The molecule has 3 rings (SSSR count). The third-order valence-electron chi connectivity index (χ3n) is 3.90. The number of fused-ring (bicyclic) bond motifs is 1. The van der Waals surface area contributed by atoms with Crippen LogP contribution >= 0.6 is 0 Å². The van der Waals surface area contributed by atoms with Gasteiger partial charge < -0.3 is 5.73 Å². The van der Waals surface area contributed by atoms with Crippen molar-refractivity contribution in [3.63, 3.8) is 0 Å². The molecular formula is C12H19FN4. The summed E-state index contributed by atoms with van der Waals surface area (Å²) in [6, 6.07) is -0.288. The number of rotatable bonds is 1. The molecule has 2 heterocycles. The Morgan fingerprint density at radius 3 is 2.76 bits per heavy atom. The van der Waals surface area contributed by atoms with Gasteiger partial charge in [0, 0.05) is 12.3 Å². The molecule has 2 aliphatic rings. The molecule has 2 atom stereocenters. The Bertz CT molecular complexity index is 397. The molecular weight excluding hydrogens is 219 g/mol. The van der Waals surface area contributed by atoms with Crippen LogP contribution < -0.4 is 5.73 Å². The molecule has 1 aromatic rings. The molecule has 1 fully saturated rings. The van der Waals surface area contributed by atoms with Crippen LogP contribution in [0.3, 0.4) is 0 Å². The maximum atomic E-state index is 13.4. The van der Waals surface area contributed by atoms with Crippen molar-refractivity contribution in [3.8, 4) is 0 Å². The molecule has 0 saturated heterocycles. The van der Waals surface area contributed by atoms with Crippen LogP contribution in [-0.2, 0) is 6.54 Å². The normalized spacial score (nSPS) is 30.2. The quantitative estimate of drug-likeness (QED) is 0.814. The van der Waals surface area contributed by atoms with Crippen LogP contribution in [0.1, 0.15) is 62.1 Å². The van der Waals surface area contributed by atoms with Gasteiger partial charge in [0.15, 0.2) is 5.82 Å². The van der Waals surface area contributed by atoms with Crippen LogP contribution in [0.4, 0.5) is 4.39 Å². The van der Waals surface area contributed by atoms with Crippen LogP contribution in [0.25, 0.3) is 0 Å². The zero-order chi connectivity index (χ0) is 11.8. The Morgan fingerprint density at radius 2 is 2.00 bits per heavy atom. The number of alkyl halides is 1. The van der Waals surface area contributed by atoms with E-state index < -0.39 is 6.17 Å². The predicted octanol–water partition coefficient (Wildman–Crippen LogP) is 2.07. The van der Waals surface area contributed by atoms with E-state index in [-0.39, 0.29) is 6.04 Å². The van der Waals surface area contributed by atoms with Gasteiger partial charge in [-0.05, 0) is 12.8 Å². The monoisotopic (exact) mass is 238 g/mol. The summed E-state index contributed by atoms with van der Waals surface area (Å²) in [5.41, 5.74) is 5.92. The van der Waals surface area contributed by atoms with Crippen LogP contribution in [0.5, 0.6) is 0 Å². The van der Waals surface area contributed by atoms with E-state index in [0.29, 0.717) is 18.9 Å². The van der Waals surface area contributed by atoms with Crippen molar-refractivity contribution in [1.29, 1.82) is 0 Å². The summed E-state index contributed by atoms with van der Waals surface area (Å²) in [4.78, 5) is 4.55. The van der Waals surface area contributed by atoms with Crippen LogP contribution in [0.15, 0.2) is 0 Å². The number of hydrogen-bond acceptors (Lipinski definition) is 3. The molecule has 0 amide bonds. The van der Waals surface area contributed by atoms with Gasteiger partial charge in [0.2, 0.25) is 0 Å². The van der Waals surface area contributed by atoms with Crippen molar-refractivity contribution in [3.05, 3.63) is 11.6 Å². The standard InChI is InChI=1S/C12H19FN4/c13-9-6-10(14)12-15-11(16-17(12)7-9)8-4-2-1-3-5-8/h8-10H,1-7,14H2. The summed E-state index contributed by atoms with van der Waals surface area (Å²) in [7, 11) is 0. The first-order valence-corrected chi connectivity index (χ1v) is 6.58. The molecule has 0 aromatic carbocycles. The van der Waals surface area contributed by atoms with E-state index in [0.717, 1.165) is 24.5 Å². The average Bonchev–Trinajstić information content (AvgIpc) is 2.74. The lowest BCUT2D eigenvalue weighted by molar-refractivity contribution is 0.219. The first-order chi connectivity index (χ1) is 8.24. The second-order valence-electron chi connectivity index (χ2n) is 5.28. The number of hydrogen-bond donors (Lipinski definition) is 1. The summed E-state index contributed by atoms with van der Waals surface area (Å²) < 4.78 is 15.1. The Balaban J connectivity index is 1.85. The third-order valence-corrected chi connectivity index (χ3v) is 3.90. The smallest absolute Gasteiger partial charge is 0.154 e. The van der Waals surface area contributed by atoms with E-state index in [2.05, 4.69) is 10.1 Å². The minimum atomic E-state index is -0.876. The van der Waals surface area contributed by atoms with Crippen molar-refractivity contribution < 1.29 is 4.39 Å². The Morgan fingerprint density at radius 1 is 1.24 bits per heavy atom. The number of halogens is 1. The van der Waals surface area contributed by atoms with Gasteiger partial charge in [-0.2, -0.15) is 5.10 Å².